The van der Waals surface area contributed by atoms with Crippen LogP contribution >= 0.6 is 0 Å². The molecule has 1 saturated heterocycles. The van der Waals surface area contributed by atoms with Crippen LogP contribution in [0, 0.1) is 5.92 Å². The Morgan fingerprint density at radius 2 is 1.87 bits per heavy atom. The smallest absolute Gasteiger partial charge is 0.406 e. The SMILES string of the molecule is NC(=O)[C@@H]1CCCN(S(=O)(=O)c2ccc(OC(F)(F)F)cc2)C1. The molecule has 1 aromatic carbocycles. The molecule has 1 amide bonds. The van der Waals surface area contributed by atoms with E-state index in [4.69, 9.17) is 5.73 Å². The summed E-state index contributed by atoms with van der Waals surface area (Å²) in [5, 5.41) is 0. The minimum Gasteiger partial charge on any atom is -0.406 e. The third-order valence-electron chi connectivity index (χ3n) is 3.48. The number of sulfonamides is 1. The normalized spacial score (nSPS) is 20.2. The van der Waals surface area contributed by atoms with Gasteiger partial charge in [0.1, 0.15) is 5.75 Å². The van der Waals surface area contributed by atoms with Crippen molar-refractivity contribution < 1.29 is 31.1 Å². The first-order valence-corrected chi connectivity index (χ1v) is 8.19. The average molecular weight is 352 g/mol. The highest BCUT2D eigenvalue weighted by Crippen LogP contribution is 2.27. The van der Waals surface area contributed by atoms with Gasteiger partial charge < -0.3 is 10.5 Å². The highest BCUT2D eigenvalue weighted by atomic mass is 32.2. The topological polar surface area (TPSA) is 89.7 Å². The number of nitrogens with two attached hydrogens (primary N) is 1. The average Bonchev–Trinajstić information content (AvgIpc) is 2.46. The lowest BCUT2D eigenvalue weighted by atomic mass is 9.99. The van der Waals surface area contributed by atoms with Gasteiger partial charge in [-0.2, -0.15) is 4.31 Å². The minimum atomic E-state index is -4.85. The molecule has 0 aliphatic carbocycles. The number of amides is 1. The molecule has 1 aliphatic rings. The first-order valence-electron chi connectivity index (χ1n) is 6.75. The number of halogens is 3. The Kier molecular flexibility index (Phi) is 4.85. The molecule has 1 atom stereocenters. The zero-order chi connectivity index (χ0) is 17.3. The summed E-state index contributed by atoms with van der Waals surface area (Å²) in [4.78, 5) is 11.0. The van der Waals surface area contributed by atoms with Gasteiger partial charge in [-0.05, 0) is 37.1 Å². The van der Waals surface area contributed by atoms with E-state index in [1.807, 2.05) is 0 Å². The third-order valence-corrected chi connectivity index (χ3v) is 5.36. The van der Waals surface area contributed by atoms with E-state index in [1.165, 1.54) is 0 Å². The molecule has 6 nitrogen and oxygen atoms in total. The number of primary amides is 1. The predicted molar refractivity (Wildman–Crippen MR) is 73.8 cm³/mol. The Bertz CT molecular complexity index is 673. The maximum absolute atomic E-state index is 12.5. The summed E-state index contributed by atoms with van der Waals surface area (Å²) >= 11 is 0. The van der Waals surface area contributed by atoms with Crippen LogP contribution in [0.5, 0.6) is 5.75 Å². The minimum absolute atomic E-state index is 0.0293. The summed E-state index contributed by atoms with van der Waals surface area (Å²) in [7, 11) is -3.90. The van der Waals surface area contributed by atoms with Gasteiger partial charge in [-0.1, -0.05) is 0 Å². The fourth-order valence-corrected chi connectivity index (χ4v) is 3.88. The summed E-state index contributed by atoms with van der Waals surface area (Å²) in [5.74, 6) is -1.64. The zero-order valence-corrected chi connectivity index (χ0v) is 12.7. The van der Waals surface area contributed by atoms with Gasteiger partial charge in [-0.15, -0.1) is 13.2 Å². The molecular formula is C13H15F3N2O4S. The van der Waals surface area contributed by atoms with E-state index in [0.29, 0.717) is 12.8 Å². The lowest BCUT2D eigenvalue weighted by molar-refractivity contribution is -0.274. The Labute approximate surface area is 131 Å². The van der Waals surface area contributed by atoms with E-state index in [9.17, 15) is 26.4 Å². The van der Waals surface area contributed by atoms with Crippen LogP contribution in [0.4, 0.5) is 13.2 Å². The molecule has 0 radical (unpaired) electrons. The fourth-order valence-electron chi connectivity index (χ4n) is 2.36. The van der Waals surface area contributed by atoms with E-state index in [-0.39, 0.29) is 18.0 Å². The van der Waals surface area contributed by atoms with E-state index in [2.05, 4.69) is 4.74 Å². The van der Waals surface area contributed by atoms with Crippen LogP contribution in [0.25, 0.3) is 0 Å². The first-order chi connectivity index (χ1) is 10.6. The number of nitrogens with zero attached hydrogens (tertiary/aromatic N) is 1. The standard InChI is InChI=1S/C13H15F3N2O4S/c14-13(15,16)22-10-3-5-11(6-4-10)23(20,21)18-7-1-2-9(8-18)12(17)19/h3-6,9H,1-2,7-8H2,(H2,17,19)/t9-/m1/s1. The molecule has 23 heavy (non-hydrogen) atoms. The van der Waals surface area contributed by atoms with Crippen LogP contribution in [0.3, 0.4) is 0 Å². The highest BCUT2D eigenvalue weighted by Gasteiger charge is 2.33. The molecule has 0 saturated carbocycles. The summed E-state index contributed by atoms with van der Waals surface area (Å²) in [6.45, 7) is 0.200. The largest absolute Gasteiger partial charge is 0.573 e. The van der Waals surface area contributed by atoms with Crippen LogP contribution < -0.4 is 10.5 Å². The number of benzene rings is 1. The van der Waals surface area contributed by atoms with E-state index in [0.717, 1.165) is 28.6 Å². The van der Waals surface area contributed by atoms with Crippen molar-refractivity contribution in [2.75, 3.05) is 13.1 Å². The van der Waals surface area contributed by atoms with E-state index in [1.54, 1.807) is 0 Å². The Morgan fingerprint density at radius 3 is 2.39 bits per heavy atom. The van der Waals surface area contributed by atoms with Crippen LogP contribution in [-0.2, 0) is 14.8 Å². The maximum atomic E-state index is 12.5. The lowest BCUT2D eigenvalue weighted by Crippen LogP contribution is -2.44. The molecule has 0 spiro atoms. The summed E-state index contributed by atoms with van der Waals surface area (Å²) in [6.07, 6.45) is -3.84. The van der Waals surface area contributed by atoms with Gasteiger partial charge in [0.15, 0.2) is 0 Å². The summed E-state index contributed by atoms with van der Waals surface area (Å²) < 4.78 is 66.0. The van der Waals surface area contributed by atoms with Crippen molar-refractivity contribution in [3.63, 3.8) is 0 Å². The number of hydrogen-bond donors (Lipinski definition) is 1. The Hall–Kier alpha value is -1.81. The van der Waals surface area contributed by atoms with Gasteiger partial charge in [-0.3, -0.25) is 4.79 Å². The van der Waals surface area contributed by atoms with Crippen molar-refractivity contribution in [3.8, 4) is 5.75 Å². The molecule has 128 valence electrons. The molecule has 1 heterocycles. The van der Waals surface area contributed by atoms with Crippen molar-refractivity contribution >= 4 is 15.9 Å². The Morgan fingerprint density at radius 1 is 1.26 bits per heavy atom. The number of piperidine rings is 1. The predicted octanol–water partition coefficient (Wildman–Crippen LogP) is 1.47. The molecule has 0 unspecified atom stereocenters. The van der Waals surface area contributed by atoms with Crippen molar-refractivity contribution in [2.45, 2.75) is 24.1 Å². The van der Waals surface area contributed by atoms with Crippen LogP contribution in [0.15, 0.2) is 29.2 Å². The molecule has 10 heteroatoms. The number of carbonyl (C=O) groups excluding carboxylic acids is 1. The van der Waals surface area contributed by atoms with Crippen molar-refractivity contribution in [3.05, 3.63) is 24.3 Å². The lowest BCUT2D eigenvalue weighted by Gasteiger charge is -2.30. The zero-order valence-electron chi connectivity index (χ0n) is 11.9. The van der Waals surface area contributed by atoms with E-state index >= 15 is 0 Å². The van der Waals surface area contributed by atoms with Crippen LogP contribution in [0.2, 0.25) is 0 Å². The Balaban J connectivity index is 2.17. The third kappa shape index (κ3) is 4.35. The second-order valence-corrected chi connectivity index (χ2v) is 7.06. The van der Waals surface area contributed by atoms with E-state index < -0.39 is 34.0 Å². The number of rotatable bonds is 4. The number of carbonyl (C=O) groups is 1. The maximum Gasteiger partial charge on any atom is 0.573 e. The molecule has 1 fully saturated rings. The fraction of sp³-hybridized carbons (Fsp3) is 0.462. The molecule has 2 rings (SSSR count). The van der Waals surface area contributed by atoms with Gasteiger partial charge >= 0.3 is 6.36 Å². The number of hydrogen-bond acceptors (Lipinski definition) is 4. The quantitative estimate of drug-likeness (QED) is 0.889. The van der Waals surface area contributed by atoms with Crippen molar-refractivity contribution in [1.82, 2.24) is 4.31 Å². The summed E-state index contributed by atoms with van der Waals surface area (Å²) in [5.41, 5.74) is 5.21. The van der Waals surface area contributed by atoms with Gasteiger partial charge in [0.05, 0.1) is 10.8 Å². The molecule has 0 bridgehead atoms. The number of ether oxygens (including phenoxy) is 1. The molecular weight excluding hydrogens is 337 g/mol. The number of alkyl halides is 3. The first kappa shape index (κ1) is 17.5. The van der Waals surface area contributed by atoms with Crippen molar-refractivity contribution in [2.24, 2.45) is 11.7 Å². The summed E-state index contributed by atoms with van der Waals surface area (Å²) in [6, 6.07) is 3.92. The molecule has 0 aromatic heterocycles. The monoisotopic (exact) mass is 352 g/mol. The van der Waals surface area contributed by atoms with Crippen LogP contribution in [-0.4, -0.2) is 38.1 Å². The van der Waals surface area contributed by atoms with Gasteiger partial charge in [0.2, 0.25) is 15.9 Å². The van der Waals surface area contributed by atoms with Gasteiger partial charge in [-0.25, -0.2) is 8.42 Å². The highest BCUT2D eigenvalue weighted by molar-refractivity contribution is 7.89. The molecule has 1 aliphatic heterocycles. The molecule has 2 N–H and O–H groups in total. The second kappa shape index (κ2) is 6.36. The second-order valence-electron chi connectivity index (χ2n) is 5.12. The molecule has 1 aromatic rings. The van der Waals surface area contributed by atoms with Crippen molar-refractivity contribution in [1.29, 1.82) is 0 Å². The van der Waals surface area contributed by atoms with Gasteiger partial charge in [0.25, 0.3) is 0 Å². The van der Waals surface area contributed by atoms with Gasteiger partial charge in [0, 0.05) is 13.1 Å². The van der Waals surface area contributed by atoms with Crippen LogP contribution in [0.1, 0.15) is 12.8 Å².